The molecule has 31 heavy (non-hydrogen) atoms. The van der Waals surface area contributed by atoms with E-state index in [-0.39, 0.29) is 12.4 Å². The van der Waals surface area contributed by atoms with Crippen molar-refractivity contribution in [3.63, 3.8) is 0 Å². The summed E-state index contributed by atoms with van der Waals surface area (Å²) in [6.45, 7) is 1.53. The number of amides is 2. The lowest BCUT2D eigenvalue weighted by atomic mass is 10.2. The van der Waals surface area contributed by atoms with Crippen LogP contribution in [0.25, 0.3) is 17.1 Å². The molecule has 0 fully saturated rings. The van der Waals surface area contributed by atoms with E-state index >= 15 is 0 Å². The van der Waals surface area contributed by atoms with Gasteiger partial charge in [0.25, 0.3) is 5.91 Å². The molecule has 2 heterocycles. The molecule has 0 aliphatic heterocycles. The average Bonchev–Trinajstić information content (AvgIpc) is 3.40. The number of nitrogens with zero attached hydrogens (tertiary/aromatic N) is 5. The second kappa shape index (κ2) is 8.62. The molecule has 0 aliphatic carbocycles. The SMILES string of the molecule is Cc1cc(NC(=O)CN(C)C(=O)c2nc(-c3ccccc3)n(-c3ccccc3)n2)no1. The zero-order valence-electron chi connectivity index (χ0n) is 17.0. The van der Waals surface area contributed by atoms with Crippen LogP contribution in [0.2, 0.25) is 0 Å². The molecule has 2 aromatic heterocycles. The van der Waals surface area contributed by atoms with Crippen LogP contribution >= 0.6 is 0 Å². The molecule has 0 radical (unpaired) electrons. The van der Waals surface area contributed by atoms with Crippen LogP contribution in [0.1, 0.15) is 16.4 Å². The van der Waals surface area contributed by atoms with E-state index in [2.05, 4.69) is 20.6 Å². The van der Waals surface area contributed by atoms with Gasteiger partial charge in [-0.3, -0.25) is 9.59 Å². The van der Waals surface area contributed by atoms with Crippen molar-refractivity contribution in [3.05, 3.63) is 78.3 Å². The summed E-state index contributed by atoms with van der Waals surface area (Å²) >= 11 is 0. The number of nitrogens with one attached hydrogen (secondary N) is 1. The Labute approximate surface area is 178 Å². The molecule has 0 unspecified atom stereocenters. The number of rotatable bonds is 6. The number of hydrogen-bond acceptors (Lipinski definition) is 6. The average molecular weight is 416 g/mol. The Kier molecular flexibility index (Phi) is 5.57. The topological polar surface area (TPSA) is 106 Å². The van der Waals surface area contributed by atoms with Crippen molar-refractivity contribution in [2.75, 3.05) is 18.9 Å². The molecule has 156 valence electrons. The van der Waals surface area contributed by atoms with Gasteiger partial charge in [-0.15, -0.1) is 5.10 Å². The second-order valence-corrected chi connectivity index (χ2v) is 6.90. The largest absolute Gasteiger partial charge is 0.360 e. The van der Waals surface area contributed by atoms with Gasteiger partial charge in [-0.05, 0) is 19.1 Å². The number of anilines is 1. The van der Waals surface area contributed by atoms with Crippen molar-refractivity contribution in [1.82, 2.24) is 24.8 Å². The molecule has 1 N–H and O–H groups in total. The number of benzene rings is 2. The van der Waals surface area contributed by atoms with Crippen molar-refractivity contribution in [3.8, 4) is 17.1 Å². The zero-order chi connectivity index (χ0) is 21.8. The van der Waals surface area contributed by atoms with Gasteiger partial charge in [0.2, 0.25) is 11.7 Å². The van der Waals surface area contributed by atoms with E-state index in [4.69, 9.17) is 4.52 Å². The summed E-state index contributed by atoms with van der Waals surface area (Å²) in [5.41, 5.74) is 1.59. The van der Waals surface area contributed by atoms with E-state index < -0.39 is 11.8 Å². The zero-order valence-corrected chi connectivity index (χ0v) is 17.0. The van der Waals surface area contributed by atoms with E-state index in [9.17, 15) is 9.59 Å². The third-order valence-corrected chi connectivity index (χ3v) is 4.45. The molecule has 9 nitrogen and oxygen atoms in total. The van der Waals surface area contributed by atoms with Gasteiger partial charge in [0.05, 0.1) is 5.69 Å². The molecule has 0 atom stereocenters. The van der Waals surface area contributed by atoms with Gasteiger partial charge in [0.15, 0.2) is 11.6 Å². The summed E-state index contributed by atoms with van der Waals surface area (Å²) in [7, 11) is 1.52. The van der Waals surface area contributed by atoms with Gasteiger partial charge >= 0.3 is 0 Å². The van der Waals surface area contributed by atoms with Crippen molar-refractivity contribution in [2.45, 2.75) is 6.92 Å². The van der Waals surface area contributed by atoms with Crippen LogP contribution in [0.15, 0.2) is 71.3 Å². The Morgan fingerprint density at radius 1 is 1.06 bits per heavy atom. The first kappa shape index (κ1) is 20.0. The minimum atomic E-state index is -0.474. The first-order valence-electron chi connectivity index (χ1n) is 9.58. The second-order valence-electron chi connectivity index (χ2n) is 6.90. The Hall–Kier alpha value is -4.27. The molecule has 9 heteroatoms. The third kappa shape index (κ3) is 4.50. The first-order chi connectivity index (χ1) is 15.0. The Morgan fingerprint density at radius 3 is 2.39 bits per heavy atom. The van der Waals surface area contributed by atoms with Gasteiger partial charge in [0.1, 0.15) is 12.3 Å². The lowest BCUT2D eigenvalue weighted by molar-refractivity contribution is -0.116. The number of aromatic nitrogens is 4. The Balaban J connectivity index is 1.57. The number of carbonyl (C=O) groups is 2. The molecule has 0 spiro atoms. The number of carbonyl (C=O) groups excluding carboxylic acids is 2. The Morgan fingerprint density at radius 2 is 1.74 bits per heavy atom. The number of likely N-dealkylation sites (N-methyl/N-ethyl adjacent to an activating group) is 1. The highest BCUT2D eigenvalue weighted by Crippen LogP contribution is 2.21. The van der Waals surface area contributed by atoms with Crippen LogP contribution in [-0.4, -0.2) is 50.2 Å². The van der Waals surface area contributed by atoms with E-state index in [1.807, 2.05) is 60.7 Å². The van der Waals surface area contributed by atoms with Gasteiger partial charge < -0.3 is 14.7 Å². The summed E-state index contributed by atoms with van der Waals surface area (Å²) in [5, 5.41) is 10.7. The predicted octanol–water partition coefficient (Wildman–Crippen LogP) is 2.94. The van der Waals surface area contributed by atoms with Gasteiger partial charge in [0, 0.05) is 18.7 Å². The molecule has 2 aromatic carbocycles. The summed E-state index contributed by atoms with van der Waals surface area (Å²) in [4.78, 5) is 30.9. The maximum atomic E-state index is 12.9. The van der Waals surface area contributed by atoms with Crippen molar-refractivity contribution >= 4 is 17.6 Å². The lowest BCUT2D eigenvalue weighted by Crippen LogP contribution is -2.35. The van der Waals surface area contributed by atoms with Crippen LogP contribution in [0.4, 0.5) is 5.82 Å². The molecule has 0 aliphatic rings. The first-order valence-corrected chi connectivity index (χ1v) is 9.58. The van der Waals surface area contributed by atoms with Crippen molar-refractivity contribution < 1.29 is 14.1 Å². The molecule has 0 bridgehead atoms. The minimum Gasteiger partial charge on any atom is -0.360 e. The van der Waals surface area contributed by atoms with Crippen molar-refractivity contribution in [2.24, 2.45) is 0 Å². The van der Waals surface area contributed by atoms with E-state index in [1.54, 1.807) is 17.7 Å². The van der Waals surface area contributed by atoms with Crippen molar-refractivity contribution in [1.29, 1.82) is 0 Å². The quantitative estimate of drug-likeness (QED) is 0.518. The molecule has 4 rings (SSSR count). The standard InChI is InChI=1S/C22H20N6O3/c1-15-13-18(26-31-15)23-19(29)14-27(2)22(30)20-24-21(16-9-5-3-6-10-16)28(25-20)17-11-7-4-8-12-17/h3-13H,14H2,1-2H3,(H,23,26,29). The number of aryl methyl sites for hydroxylation is 1. The van der Waals surface area contributed by atoms with Crippen LogP contribution in [0.5, 0.6) is 0 Å². The maximum Gasteiger partial charge on any atom is 0.293 e. The summed E-state index contributed by atoms with van der Waals surface area (Å²) < 4.78 is 6.54. The smallest absolute Gasteiger partial charge is 0.293 e. The predicted molar refractivity (Wildman–Crippen MR) is 114 cm³/mol. The maximum absolute atomic E-state index is 12.9. The van der Waals surface area contributed by atoms with Crippen LogP contribution in [-0.2, 0) is 4.79 Å². The summed E-state index contributed by atoms with van der Waals surface area (Å²) in [6, 6.07) is 20.5. The molecule has 0 saturated heterocycles. The fraction of sp³-hybridized carbons (Fsp3) is 0.136. The normalized spacial score (nSPS) is 10.6. The highest BCUT2D eigenvalue weighted by Gasteiger charge is 2.23. The van der Waals surface area contributed by atoms with Gasteiger partial charge in [-0.2, -0.15) is 0 Å². The highest BCUT2D eigenvalue weighted by atomic mass is 16.5. The summed E-state index contributed by atoms with van der Waals surface area (Å²) in [5.74, 6) is 0.514. The molecule has 4 aromatic rings. The molecule has 2 amide bonds. The minimum absolute atomic E-state index is 0.00436. The van der Waals surface area contributed by atoms with E-state index in [1.165, 1.54) is 11.9 Å². The van der Waals surface area contributed by atoms with Gasteiger partial charge in [-0.1, -0.05) is 53.7 Å². The summed E-state index contributed by atoms with van der Waals surface area (Å²) in [6.07, 6.45) is 0. The number of para-hydroxylation sites is 1. The Bertz CT molecular complexity index is 1140. The van der Waals surface area contributed by atoms with Crippen LogP contribution < -0.4 is 5.32 Å². The van der Waals surface area contributed by atoms with E-state index in [0.717, 1.165) is 11.3 Å². The number of hydrogen-bond donors (Lipinski definition) is 1. The third-order valence-electron chi connectivity index (χ3n) is 4.45. The lowest BCUT2D eigenvalue weighted by Gasteiger charge is -2.14. The van der Waals surface area contributed by atoms with E-state index in [0.29, 0.717) is 17.4 Å². The molecular weight excluding hydrogens is 396 g/mol. The fourth-order valence-corrected chi connectivity index (χ4v) is 2.99. The van der Waals surface area contributed by atoms with Crippen LogP contribution in [0.3, 0.4) is 0 Å². The fourth-order valence-electron chi connectivity index (χ4n) is 2.99. The van der Waals surface area contributed by atoms with Gasteiger partial charge in [-0.25, -0.2) is 9.67 Å². The monoisotopic (exact) mass is 416 g/mol. The molecular formula is C22H20N6O3. The highest BCUT2D eigenvalue weighted by molar-refractivity contribution is 5.97. The van der Waals surface area contributed by atoms with Crippen LogP contribution in [0, 0.1) is 6.92 Å². The molecule has 0 saturated carbocycles.